The first-order valence-corrected chi connectivity index (χ1v) is 14.2. The monoisotopic (exact) mass is 572 g/mol. The number of nitrogens with one attached hydrogen (secondary N) is 1. The third-order valence-corrected chi connectivity index (χ3v) is 8.47. The van der Waals surface area contributed by atoms with Crippen LogP contribution in [0.4, 0.5) is 17.1 Å². The summed E-state index contributed by atoms with van der Waals surface area (Å²) >= 11 is 12.8. The van der Waals surface area contributed by atoms with Gasteiger partial charge in [-0.15, -0.1) is 0 Å². The molecule has 0 unspecified atom stereocenters. The Bertz CT molecular complexity index is 1540. The van der Waals surface area contributed by atoms with Gasteiger partial charge >= 0.3 is 0 Å². The molecular formula is C30H29ClN6O2S. The Morgan fingerprint density at radius 1 is 1.02 bits per heavy atom. The van der Waals surface area contributed by atoms with Gasteiger partial charge in [0, 0.05) is 54.7 Å². The van der Waals surface area contributed by atoms with Crippen molar-refractivity contribution in [2.45, 2.75) is 31.8 Å². The molecule has 2 atom stereocenters. The highest BCUT2D eigenvalue weighted by Crippen LogP contribution is 2.44. The van der Waals surface area contributed by atoms with E-state index >= 15 is 0 Å². The van der Waals surface area contributed by atoms with Crippen LogP contribution >= 0.6 is 23.8 Å². The van der Waals surface area contributed by atoms with E-state index in [1.165, 1.54) is 12.1 Å². The number of aromatic nitrogens is 2. The summed E-state index contributed by atoms with van der Waals surface area (Å²) in [6.07, 6.45) is 6.05. The maximum absolute atomic E-state index is 11.2. The van der Waals surface area contributed by atoms with E-state index in [9.17, 15) is 10.1 Å². The molecule has 204 valence electrons. The molecule has 0 bridgehead atoms. The molecule has 2 aliphatic heterocycles. The lowest BCUT2D eigenvalue weighted by atomic mass is 9.98. The molecule has 2 saturated heterocycles. The van der Waals surface area contributed by atoms with E-state index in [1.54, 1.807) is 18.3 Å². The fourth-order valence-electron chi connectivity index (χ4n) is 5.69. The SMILES string of the molecule is CC1CCN(c2ccc(N3C(=S)N[C@@H](c4ccccn4)[C@H]3c3cccn3-c3ccc([N+](=O)[O-])cc3)cc2Cl)CC1. The number of hydrogen-bond acceptors (Lipinski definition) is 5. The van der Waals surface area contributed by atoms with Crippen LogP contribution in [0.2, 0.25) is 5.02 Å². The maximum Gasteiger partial charge on any atom is 0.269 e. The van der Waals surface area contributed by atoms with E-state index < -0.39 is 4.92 Å². The number of pyridine rings is 1. The Morgan fingerprint density at radius 2 is 1.77 bits per heavy atom. The average Bonchev–Trinajstić information content (AvgIpc) is 3.58. The molecule has 2 aromatic carbocycles. The van der Waals surface area contributed by atoms with Crippen LogP contribution in [0.25, 0.3) is 5.69 Å². The second-order valence-electron chi connectivity index (χ2n) is 10.4. The summed E-state index contributed by atoms with van der Waals surface area (Å²) in [5.41, 5.74) is 4.61. The number of benzene rings is 2. The second-order valence-corrected chi connectivity index (χ2v) is 11.2. The van der Waals surface area contributed by atoms with Gasteiger partial charge in [-0.1, -0.05) is 24.6 Å². The topological polar surface area (TPSA) is 79.5 Å². The van der Waals surface area contributed by atoms with Crippen molar-refractivity contribution in [3.8, 4) is 5.69 Å². The first kappa shape index (κ1) is 26.3. The predicted octanol–water partition coefficient (Wildman–Crippen LogP) is 6.85. The van der Waals surface area contributed by atoms with Gasteiger partial charge < -0.3 is 19.7 Å². The largest absolute Gasteiger partial charge is 0.370 e. The molecule has 0 saturated carbocycles. The summed E-state index contributed by atoms with van der Waals surface area (Å²) in [6.45, 7) is 4.29. The van der Waals surface area contributed by atoms with Crippen LogP contribution in [-0.2, 0) is 0 Å². The number of halogens is 1. The summed E-state index contributed by atoms with van der Waals surface area (Å²) in [5.74, 6) is 0.735. The number of non-ortho nitro benzene ring substituents is 1. The summed E-state index contributed by atoms with van der Waals surface area (Å²) < 4.78 is 2.04. The maximum atomic E-state index is 11.2. The van der Waals surface area contributed by atoms with E-state index in [4.69, 9.17) is 23.8 Å². The van der Waals surface area contributed by atoms with Crippen molar-refractivity contribution in [3.63, 3.8) is 0 Å². The van der Waals surface area contributed by atoms with Gasteiger partial charge in [0.25, 0.3) is 5.69 Å². The van der Waals surface area contributed by atoms with Gasteiger partial charge in [0.15, 0.2) is 5.11 Å². The number of nitrogens with zero attached hydrogens (tertiary/aromatic N) is 5. The van der Waals surface area contributed by atoms with Gasteiger partial charge in [-0.25, -0.2) is 0 Å². The summed E-state index contributed by atoms with van der Waals surface area (Å²) in [7, 11) is 0. The zero-order valence-electron chi connectivity index (χ0n) is 22.0. The minimum atomic E-state index is -0.392. The van der Waals surface area contributed by atoms with Gasteiger partial charge in [0.05, 0.1) is 27.4 Å². The lowest BCUT2D eigenvalue weighted by Crippen LogP contribution is -2.33. The van der Waals surface area contributed by atoms with E-state index in [0.717, 1.165) is 60.3 Å². The van der Waals surface area contributed by atoms with E-state index in [1.807, 2.05) is 41.1 Å². The van der Waals surface area contributed by atoms with Gasteiger partial charge in [-0.05, 0) is 85.6 Å². The highest BCUT2D eigenvalue weighted by molar-refractivity contribution is 7.80. The summed E-state index contributed by atoms with van der Waals surface area (Å²) in [6, 6.07) is 22.1. The number of rotatable bonds is 6. The third kappa shape index (κ3) is 4.91. The molecule has 8 nitrogen and oxygen atoms in total. The highest BCUT2D eigenvalue weighted by atomic mass is 35.5. The lowest BCUT2D eigenvalue weighted by Gasteiger charge is -2.33. The first-order valence-electron chi connectivity index (χ1n) is 13.4. The number of nitro benzene ring substituents is 1. The van der Waals surface area contributed by atoms with Crippen LogP contribution in [0.1, 0.15) is 43.2 Å². The molecule has 2 fully saturated rings. The Labute approximate surface area is 243 Å². The molecule has 0 radical (unpaired) electrons. The standard InChI is InChI=1S/C30H29ClN6O2S/c1-20-13-17-34(18-14-20)26-12-11-23(19-24(26)31)36-29(28(33-30(36)40)25-5-2-3-15-32-25)27-6-4-16-35(27)21-7-9-22(10-8-21)37(38)39/h2-12,15-16,19-20,28-29H,13-14,17-18H2,1H3,(H,33,40)/t28-,29+/m0/s1. The van der Waals surface area contributed by atoms with Gasteiger partial charge in [0.1, 0.15) is 6.04 Å². The summed E-state index contributed by atoms with van der Waals surface area (Å²) in [4.78, 5) is 19.9. The van der Waals surface area contributed by atoms with Crippen LogP contribution in [0.3, 0.4) is 0 Å². The number of hydrogen-bond donors (Lipinski definition) is 1. The van der Waals surface area contributed by atoms with Crippen molar-refractivity contribution in [1.82, 2.24) is 14.9 Å². The van der Waals surface area contributed by atoms with Crippen LogP contribution in [0.15, 0.2) is 85.2 Å². The molecule has 1 N–H and O–H groups in total. The fraction of sp³-hybridized carbons (Fsp3) is 0.267. The zero-order chi connectivity index (χ0) is 27.8. The highest BCUT2D eigenvalue weighted by Gasteiger charge is 2.42. The van der Waals surface area contributed by atoms with Crippen LogP contribution in [-0.4, -0.2) is 32.7 Å². The third-order valence-electron chi connectivity index (χ3n) is 7.85. The van der Waals surface area contributed by atoms with Gasteiger partial charge in [-0.2, -0.15) is 0 Å². The zero-order valence-corrected chi connectivity index (χ0v) is 23.6. The smallest absolute Gasteiger partial charge is 0.269 e. The van der Waals surface area contributed by atoms with Crippen molar-refractivity contribution in [2.75, 3.05) is 22.9 Å². The van der Waals surface area contributed by atoms with Gasteiger partial charge in [-0.3, -0.25) is 15.1 Å². The Morgan fingerprint density at radius 3 is 2.45 bits per heavy atom. The van der Waals surface area contributed by atoms with Crippen LogP contribution in [0, 0.1) is 16.0 Å². The molecule has 0 spiro atoms. The Balaban J connectivity index is 1.41. The lowest BCUT2D eigenvalue weighted by molar-refractivity contribution is -0.384. The number of anilines is 2. The quantitative estimate of drug-likeness (QED) is 0.154. The average molecular weight is 573 g/mol. The van der Waals surface area contributed by atoms with E-state index in [0.29, 0.717) is 10.1 Å². The normalized spacial score (nSPS) is 19.6. The molecule has 4 heterocycles. The van der Waals surface area contributed by atoms with Crippen LogP contribution in [0.5, 0.6) is 0 Å². The molecule has 2 aromatic heterocycles. The second kappa shape index (κ2) is 10.9. The molecule has 0 amide bonds. The molecule has 0 aliphatic carbocycles. The molecule has 6 rings (SSSR count). The van der Waals surface area contributed by atoms with E-state index in [2.05, 4.69) is 45.2 Å². The van der Waals surface area contributed by atoms with E-state index in [-0.39, 0.29) is 17.8 Å². The Kier molecular flexibility index (Phi) is 7.16. The predicted molar refractivity (Wildman–Crippen MR) is 162 cm³/mol. The molecular weight excluding hydrogens is 544 g/mol. The molecule has 4 aromatic rings. The number of nitro groups is 1. The van der Waals surface area contributed by atoms with Gasteiger partial charge in [0.2, 0.25) is 0 Å². The van der Waals surface area contributed by atoms with Crippen molar-refractivity contribution < 1.29 is 4.92 Å². The molecule has 2 aliphatic rings. The minimum Gasteiger partial charge on any atom is -0.370 e. The van der Waals surface area contributed by atoms with Crippen molar-refractivity contribution in [2.24, 2.45) is 5.92 Å². The fourth-order valence-corrected chi connectivity index (χ4v) is 6.33. The minimum absolute atomic E-state index is 0.0482. The number of piperidine rings is 1. The first-order chi connectivity index (χ1) is 19.4. The van der Waals surface area contributed by atoms with Crippen LogP contribution < -0.4 is 15.1 Å². The van der Waals surface area contributed by atoms with Crippen molar-refractivity contribution in [1.29, 1.82) is 0 Å². The Hall–Kier alpha value is -3.95. The van der Waals surface area contributed by atoms with Crippen molar-refractivity contribution in [3.05, 3.63) is 112 Å². The molecule has 10 heteroatoms. The molecule has 40 heavy (non-hydrogen) atoms. The number of thiocarbonyl (C=S) groups is 1. The summed E-state index contributed by atoms with van der Waals surface area (Å²) in [5, 5.41) is 16.0. The van der Waals surface area contributed by atoms with Crippen molar-refractivity contribution >= 4 is 46.0 Å².